The summed E-state index contributed by atoms with van der Waals surface area (Å²) in [4.78, 5) is 0.482. The molecular formula is C4H4N4O2S2. The molecule has 2 aromatic rings. The molecule has 2 aromatic heterocycles. The molecule has 2 heterocycles. The van der Waals surface area contributed by atoms with E-state index < -0.39 is 9.84 Å². The van der Waals surface area contributed by atoms with Gasteiger partial charge in [-0.05, 0) is 0 Å². The van der Waals surface area contributed by atoms with Gasteiger partial charge in [0, 0.05) is 6.26 Å². The molecule has 0 amide bonds. The molecule has 64 valence electrons. The minimum absolute atomic E-state index is 0.0624. The second kappa shape index (κ2) is 2.23. The number of rotatable bonds is 1. The lowest BCUT2D eigenvalue weighted by molar-refractivity contribution is 0.599. The Hall–Kier alpha value is -1.02. The number of fused-ring (bicyclic) bond motifs is 1. The van der Waals surface area contributed by atoms with E-state index in [-0.39, 0.29) is 4.34 Å². The summed E-state index contributed by atoms with van der Waals surface area (Å²) in [6.07, 6.45) is 2.47. The maximum absolute atomic E-state index is 11.0. The molecule has 12 heavy (non-hydrogen) atoms. The van der Waals surface area contributed by atoms with Crippen molar-refractivity contribution in [3.05, 3.63) is 6.33 Å². The Morgan fingerprint density at radius 2 is 2.33 bits per heavy atom. The van der Waals surface area contributed by atoms with Crippen molar-refractivity contribution in [2.75, 3.05) is 6.26 Å². The van der Waals surface area contributed by atoms with Crippen LogP contribution in [0.15, 0.2) is 10.7 Å². The fourth-order valence-electron chi connectivity index (χ4n) is 0.691. The number of nitrogens with zero attached hydrogens (tertiary/aromatic N) is 4. The largest absolute Gasteiger partial charge is 0.235 e. The monoisotopic (exact) mass is 204 g/mol. The van der Waals surface area contributed by atoms with Crippen LogP contribution in [-0.4, -0.2) is 34.5 Å². The number of sulfone groups is 1. The van der Waals surface area contributed by atoms with Gasteiger partial charge in [-0.1, -0.05) is 11.3 Å². The van der Waals surface area contributed by atoms with Crippen molar-refractivity contribution in [2.24, 2.45) is 0 Å². The van der Waals surface area contributed by atoms with Crippen molar-refractivity contribution in [2.45, 2.75) is 4.34 Å². The zero-order valence-corrected chi connectivity index (χ0v) is 7.63. The van der Waals surface area contributed by atoms with E-state index in [0.717, 1.165) is 17.6 Å². The van der Waals surface area contributed by atoms with Gasteiger partial charge in [0.15, 0.2) is 0 Å². The van der Waals surface area contributed by atoms with Gasteiger partial charge in [0.25, 0.3) is 0 Å². The van der Waals surface area contributed by atoms with Crippen LogP contribution < -0.4 is 0 Å². The van der Waals surface area contributed by atoms with Crippen LogP contribution in [0.5, 0.6) is 0 Å². The molecule has 0 radical (unpaired) electrons. The standard InChI is InChI=1S/C4H4N4O2S2/c1-12(9,10)4-7-8-2-5-6-3(8)11-4/h2H,1H3. The molecule has 0 aliphatic carbocycles. The van der Waals surface area contributed by atoms with E-state index in [1.54, 1.807) is 0 Å². The van der Waals surface area contributed by atoms with E-state index in [4.69, 9.17) is 0 Å². The molecule has 0 fully saturated rings. The second-order valence-corrected chi connectivity index (χ2v) is 5.34. The average Bonchev–Trinajstić information content (AvgIpc) is 2.37. The van der Waals surface area contributed by atoms with Gasteiger partial charge < -0.3 is 0 Å². The lowest BCUT2D eigenvalue weighted by Crippen LogP contribution is -1.96. The number of hydrogen-bond acceptors (Lipinski definition) is 6. The third-order valence-electron chi connectivity index (χ3n) is 1.19. The fraction of sp³-hybridized carbons (Fsp3) is 0.250. The molecule has 8 heteroatoms. The van der Waals surface area contributed by atoms with E-state index in [1.807, 2.05) is 0 Å². The highest BCUT2D eigenvalue weighted by Gasteiger charge is 2.14. The molecule has 0 aromatic carbocycles. The van der Waals surface area contributed by atoms with Gasteiger partial charge in [0.2, 0.25) is 19.1 Å². The van der Waals surface area contributed by atoms with E-state index in [1.165, 1.54) is 10.8 Å². The second-order valence-electron chi connectivity index (χ2n) is 2.20. The minimum Gasteiger partial charge on any atom is -0.221 e. The maximum atomic E-state index is 11.0. The molecule has 0 spiro atoms. The summed E-state index contributed by atoms with van der Waals surface area (Å²) in [6, 6.07) is 0. The van der Waals surface area contributed by atoms with E-state index in [9.17, 15) is 8.42 Å². The van der Waals surface area contributed by atoms with Crippen molar-refractivity contribution >= 4 is 26.1 Å². The van der Waals surface area contributed by atoms with Crippen molar-refractivity contribution in [1.82, 2.24) is 19.8 Å². The normalized spacial score (nSPS) is 12.4. The molecule has 0 unspecified atom stereocenters. The molecule has 0 N–H and O–H groups in total. The van der Waals surface area contributed by atoms with E-state index >= 15 is 0 Å². The molecule has 6 nitrogen and oxygen atoms in total. The van der Waals surface area contributed by atoms with Gasteiger partial charge >= 0.3 is 0 Å². The molecule has 0 aliphatic rings. The first kappa shape index (κ1) is 7.62. The minimum atomic E-state index is -3.22. The molecule has 0 saturated heterocycles. The Labute approximate surface area is 71.8 Å². The Kier molecular flexibility index (Phi) is 1.42. The van der Waals surface area contributed by atoms with E-state index in [2.05, 4.69) is 15.3 Å². The van der Waals surface area contributed by atoms with Crippen LogP contribution >= 0.6 is 11.3 Å². The van der Waals surface area contributed by atoms with Crippen LogP contribution in [0, 0.1) is 0 Å². The first-order valence-electron chi connectivity index (χ1n) is 2.94. The van der Waals surface area contributed by atoms with Gasteiger partial charge in [-0.25, -0.2) is 8.42 Å². The third-order valence-corrected chi connectivity index (χ3v) is 3.77. The summed E-state index contributed by atoms with van der Waals surface area (Å²) in [5.74, 6) is 0. The van der Waals surface area contributed by atoms with Gasteiger partial charge in [-0.15, -0.1) is 15.3 Å². The molecular weight excluding hydrogens is 200 g/mol. The van der Waals surface area contributed by atoms with Gasteiger partial charge in [0.05, 0.1) is 0 Å². The highest BCUT2D eigenvalue weighted by Crippen LogP contribution is 2.16. The molecule has 0 saturated carbocycles. The Morgan fingerprint density at radius 3 is 2.92 bits per heavy atom. The average molecular weight is 204 g/mol. The van der Waals surface area contributed by atoms with Crippen LogP contribution in [0.25, 0.3) is 4.96 Å². The van der Waals surface area contributed by atoms with Crippen molar-refractivity contribution in [3.8, 4) is 0 Å². The zero-order valence-electron chi connectivity index (χ0n) is 6.00. The Balaban J connectivity index is 2.75. The summed E-state index contributed by atoms with van der Waals surface area (Å²) in [6.45, 7) is 0. The Morgan fingerprint density at radius 1 is 1.58 bits per heavy atom. The van der Waals surface area contributed by atoms with Crippen LogP contribution in [0.2, 0.25) is 0 Å². The molecule has 0 bridgehead atoms. The summed E-state index contributed by atoms with van der Waals surface area (Å²) >= 11 is 1.00. The van der Waals surface area contributed by atoms with Gasteiger partial charge in [0.1, 0.15) is 6.33 Å². The third kappa shape index (κ3) is 1.08. The lowest BCUT2D eigenvalue weighted by atomic mass is 11.3. The zero-order chi connectivity index (χ0) is 8.77. The molecule has 2 rings (SSSR count). The topological polar surface area (TPSA) is 77.2 Å². The van der Waals surface area contributed by atoms with Crippen molar-refractivity contribution in [1.29, 1.82) is 0 Å². The maximum Gasteiger partial charge on any atom is 0.235 e. The van der Waals surface area contributed by atoms with Crippen LogP contribution in [0.3, 0.4) is 0 Å². The predicted octanol–water partition coefficient (Wildman–Crippen LogP) is -0.411. The summed E-state index contributed by atoms with van der Waals surface area (Å²) < 4.78 is 23.4. The molecule has 0 atom stereocenters. The number of hydrogen-bond donors (Lipinski definition) is 0. The van der Waals surface area contributed by atoms with Crippen molar-refractivity contribution in [3.63, 3.8) is 0 Å². The summed E-state index contributed by atoms with van der Waals surface area (Å²) in [5, 5.41) is 11.0. The summed E-state index contributed by atoms with van der Waals surface area (Å²) in [7, 11) is -3.22. The first-order valence-corrected chi connectivity index (χ1v) is 5.65. The predicted molar refractivity (Wildman–Crippen MR) is 41.8 cm³/mol. The highest BCUT2D eigenvalue weighted by molar-refractivity contribution is 7.92. The fourth-order valence-corrected chi connectivity index (χ4v) is 2.31. The van der Waals surface area contributed by atoms with Gasteiger partial charge in [-0.3, -0.25) is 0 Å². The van der Waals surface area contributed by atoms with Crippen molar-refractivity contribution < 1.29 is 8.42 Å². The lowest BCUT2D eigenvalue weighted by Gasteiger charge is -1.84. The SMILES string of the molecule is CS(=O)(=O)c1nn2cnnc2s1. The van der Waals surface area contributed by atoms with E-state index in [0.29, 0.717) is 4.96 Å². The van der Waals surface area contributed by atoms with Crippen LogP contribution in [0.4, 0.5) is 0 Å². The first-order chi connectivity index (χ1) is 5.57. The Bertz CT molecular complexity index is 481. The quantitative estimate of drug-likeness (QED) is 0.631. The van der Waals surface area contributed by atoms with Gasteiger partial charge in [-0.2, -0.15) is 4.52 Å². The smallest absolute Gasteiger partial charge is 0.221 e. The number of aromatic nitrogens is 4. The summed E-state index contributed by atoms with van der Waals surface area (Å²) in [5.41, 5.74) is 0. The molecule has 0 aliphatic heterocycles. The van der Waals surface area contributed by atoms with Crippen LogP contribution in [0.1, 0.15) is 0 Å². The van der Waals surface area contributed by atoms with Crippen LogP contribution in [-0.2, 0) is 9.84 Å². The highest BCUT2D eigenvalue weighted by atomic mass is 32.2.